The number of nitrogens with one attached hydrogen (secondary N) is 1. The van der Waals surface area contributed by atoms with Crippen molar-refractivity contribution in [2.75, 3.05) is 24.6 Å². The van der Waals surface area contributed by atoms with Gasteiger partial charge in [-0.3, -0.25) is 4.79 Å². The van der Waals surface area contributed by atoms with E-state index in [4.69, 9.17) is 4.74 Å². The maximum Gasteiger partial charge on any atom is 0.239 e. The molecule has 0 radical (unpaired) electrons. The lowest BCUT2D eigenvalue weighted by Gasteiger charge is -2.41. The van der Waals surface area contributed by atoms with Gasteiger partial charge in [0.25, 0.3) is 0 Å². The summed E-state index contributed by atoms with van der Waals surface area (Å²) < 4.78 is 5.64. The van der Waals surface area contributed by atoms with E-state index in [-0.39, 0.29) is 11.9 Å². The van der Waals surface area contributed by atoms with Gasteiger partial charge in [-0.05, 0) is 12.1 Å². The molecule has 1 aromatic carbocycles. The fourth-order valence-corrected chi connectivity index (χ4v) is 2.11. The third kappa shape index (κ3) is 1.33. The normalized spacial score (nSPS) is 23.6. The monoisotopic (exact) mass is 204 g/mol. The molecule has 78 valence electrons. The summed E-state index contributed by atoms with van der Waals surface area (Å²) in [6.07, 6.45) is 0. The predicted molar refractivity (Wildman–Crippen MR) is 56.1 cm³/mol. The summed E-state index contributed by atoms with van der Waals surface area (Å²) in [5.74, 6) is 0.964. The van der Waals surface area contributed by atoms with Gasteiger partial charge in [0.2, 0.25) is 5.91 Å². The second kappa shape index (κ2) is 3.15. The van der Waals surface area contributed by atoms with E-state index in [1.807, 2.05) is 24.3 Å². The van der Waals surface area contributed by atoms with Gasteiger partial charge in [-0.25, -0.2) is 0 Å². The van der Waals surface area contributed by atoms with Gasteiger partial charge in [-0.15, -0.1) is 0 Å². The molecule has 0 saturated carbocycles. The van der Waals surface area contributed by atoms with Gasteiger partial charge in [0.1, 0.15) is 12.4 Å². The Hall–Kier alpha value is -1.71. The largest absolute Gasteiger partial charge is 0.489 e. The minimum Gasteiger partial charge on any atom is -0.489 e. The molecule has 2 heterocycles. The topological polar surface area (TPSA) is 41.6 Å². The zero-order chi connectivity index (χ0) is 10.3. The first kappa shape index (κ1) is 8.59. The smallest absolute Gasteiger partial charge is 0.239 e. The van der Waals surface area contributed by atoms with Crippen molar-refractivity contribution in [2.24, 2.45) is 0 Å². The molecule has 1 saturated heterocycles. The number of carbonyl (C=O) groups is 1. The zero-order valence-electron chi connectivity index (χ0n) is 8.27. The zero-order valence-corrected chi connectivity index (χ0v) is 8.27. The van der Waals surface area contributed by atoms with Crippen LogP contribution in [0.5, 0.6) is 5.75 Å². The highest BCUT2D eigenvalue weighted by Crippen LogP contribution is 2.33. The van der Waals surface area contributed by atoms with E-state index in [0.29, 0.717) is 19.7 Å². The van der Waals surface area contributed by atoms with Crippen molar-refractivity contribution < 1.29 is 9.53 Å². The first-order chi connectivity index (χ1) is 7.34. The molecule has 4 heteroatoms. The van der Waals surface area contributed by atoms with E-state index >= 15 is 0 Å². The molecule has 1 unspecified atom stereocenters. The highest BCUT2D eigenvalue weighted by molar-refractivity contribution is 5.84. The number of ether oxygens (including phenoxy) is 1. The van der Waals surface area contributed by atoms with Gasteiger partial charge >= 0.3 is 0 Å². The Balaban J connectivity index is 2.00. The van der Waals surface area contributed by atoms with Crippen molar-refractivity contribution in [3.8, 4) is 5.75 Å². The molecule has 2 aliphatic heterocycles. The molecule has 1 fully saturated rings. The molecule has 0 aromatic heterocycles. The summed E-state index contributed by atoms with van der Waals surface area (Å²) in [5, 5.41) is 2.85. The van der Waals surface area contributed by atoms with E-state index in [9.17, 15) is 4.79 Å². The van der Waals surface area contributed by atoms with Gasteiger partial charge in [0.15, 0.2) is 0 Å². The van der Waals surface area contributed by atoms with Gasteiger partial charge in [-0.1, -0.05) is 12.1 Å². The molecule has 15 heavy (non-hydrogen) atoms. The molecule has 1 N–H and O–H groups in total. The average Bonchev–Trinajstić information content (AvgIpc) is 2.29. The van der Waals surface area contributed by atoms with Crippen LogP contribution in [0.1, 0.15) is 0 Å². The standard InChI is InChI=1S/C11H12N2O2/c14-11-6-13-8(5-12-11)7-15-10-4-2-1-3-9(10)13/h1-4,8H,5-7H2,(H,12,14). The van der Waals surface area contributed by atoms with Crippen LogP contribution < -0.4 is 15.0 Å². The van der Waals surface area contributed by atoms with Crippen LogP contribution in [0.4, 0.5) is 5.69 Å². The highest BCUT2D eigenvalue weighted by atomic mass is 16.5. The summed E-state index contributed by atoms with van der Waals surface area (Å²) in [7, 11) is 0. The maximum absolute atomic E-state index is 11.3. The molecule has 1 amide bonds. The van der Waals surface area contributed by atoms with Crippen molar-refractivity contribution in [3.63, 3.8) is 0 Å². The number of amides is 1. The number of hydrogen-bond acceptors (Lipinski definition) is 3. The first-order valence-corrected chi connectivity index (χ1v) is 5.10. The van der Waals surface area contributed by atoms with Crippen molar-refractivity contribution >= 4 is 11.6 Å². The van der Waals surface area contributed by atoms with Crippen LogP contribution in [0.15, 0.2) is 24.3 Å². The number of piperazine rings is 1. The number of para-hydroxylation sites is 2. The summed E-state index contributed by atoms with van der Waals surface area (Å²) >= 11 is 0. The fourth-order valence-electron chi connectivity index (χ4n) is 2.11. The minimum absolute atomic E-state index is 0.0861. The molecular weight excluding hydrogens is 192 g/mol. The number of nitrogens with zero attached hydrogens (tertiary/aromatic N) is 1. The van der Waals surface area contributed by atoms with Crippen LogP contribution in [-0.4, -0.2) is 31.6 Å². The second-order valence-electron chi connectivity index (χ2n) is 3.86. The lowest BCUT2D eigenvalue weighted by Crippen LogP contribution is -2.58. The number of carbonyl (C=O) groups excluding carboxylic acids is 1. The van der Waals surface area contributed by atoms with Crippen LogP contribution >= 0.6 is 0 Å². The van der Waals surface area contributed by atoms with E-state index in [0.717, 1.165) is 11.4 Å². The second-order valence-corrected chi connectivity index (χ2v) is 3.86. The molecule has 0 bridgehead atoms. The Bertz CT molecular complexity index is 405. The van der Waals surface area contributed by atoms with Crippen molar-refractivity contribution in [1.29, 1.82) is 0 Å². The van der Waals surface area contributed by atoms with E-state index in [1.165, 1.54) is 0 Å². The van der Waals surface area contributed by atoms with E-state index in [1.54, 1.807) is 0 Å². The third-order valence-electron chi connectivity index (χ3n) is 2.90. The highest BCUT2D eigenvalue weighted by Gasteiger charge is 2.32. The third-order valence-corrected chi connectivity index (χ3v) is 2.90. The number of anilines is 1. The van der Waals surface area contributed by atoms with Crippen LogP contribution in [0.2, 0.25) is 0 Å². The molecule has 3 rings (SSSR count). The molecule has 1 atom stereocenters. The summed E-state index contributed by atoms with van der Waals surface area (Å²) in [5.41, 5.74) is 1.03. The Morgan fingerprint density at radius 3 is 3.20 bits per heavy atom. The van der Waals surface area contributed by atoms with Gasteiger partial charge in [0.05, 0.1) is 18.3 Å². The summed E-state index contributed by atoms with van der Waals surface area (Å²) in [6, 6.07) is 8.14. The first-order valence-electron chi connectivity index (χ1n) is 5.10. The van der Waals surface area contributed by atoms with Gasteiger partial charge in [0, 0.05) is 6.54 Å². The van der Waals surface area contributed by atoms with Gasteiger partial charge < -0.3 is 15.0 Å². The van der Waals surface area contributed by atoms with Crippen LogP contribution in [0.25, 0.3) is 0 Å². The SMILES string of the molecule is O=C1CN2c3ccccc3OCC2CN1. The van der Waals surface area contributed by atoms with Crippen molar-refractivity contribution in [1.82, 2.24) is 5.32 Å². The van der Waals surface area contributed by atoms with Crippen LogP contribution in [0, 0.1) is 0 Å². The number of hydrogen-bond donors (Lipinski definition) is 1. The molecule has 0 spiro atoms. The van der Waals surface area contributed by atoms with Gasteiger partial charge in [-0.2, -0.15) is 0 Å². The van der Waals surface area contributed by atoms with Crippen molar-refractivity contribution in [2.45, 2.75) is 6.04 Å². The quantitative estimate of drug-likeness (QED) is 0.664. The lowest BCUT2D eigenvalue weighted by atomic mass is 10.1. The van der Waals surface area contributed by atoms with Crippen LogP contribution in [0.3, 0.4) is 0 Å². The Kier molecular flexibility index (Phi) is 1.80. The Labute approximate surface area is 87.8 Å². The van der Waals surface area contributed by atoms with Crippen molar-refractivity contribution in [3.05, 3.63) is 24.3 Å². The molecule has 4 nitrogen and oxygen atoms in total. The molecule has 0 aliphatic carbocycles. The minimum atomic E-state index is 0.0861. The van der Waals surface area contributed by atoms with E-state index < -0.39 is 0 Å². The Morgan fingerprint density at radius 2 is 2.27 bits per heavy atom. The maximum atomic E-state index is 11.3. The predicted octanol–water partition coefficient (Wildman–Crippen LogP) is 0.384. The number of fused-ring (bicyclic) bond motifs is 3. The fraction of sp³-hybridized carbons (Fsp3) is 0.364. The van der Waals surface area contributed by atoms with Crippen LogP contribution in [-0.2, 0) is 4.79 Å². The Morgan fingerprint density at radius 1 is 1.40 bits per heavy atom. The summed E-state index contributed by atoms with van der Waals surface area (Å²) in [4.78, 5) is 13.5. The number of benzene rings is 1. The molecular formula is C11H12N2O2. The molecule has 1 aromatic rings. The molecule has 2 aliphatic rings. The average molecular weight is 204 g/mol. The lowest BCUT2D eigenvalue weighted by molar-refractivity contribution is -0.121. The number of rotatable bonds is 0. The van der Waals surface area contributed by atoms with E-state index in [2.05, 4.69) is 10.2 Å². The summed E-state index contributed by atoms with van der Waals surface area (Å²) in [6.45, 7) is 1.76.